The van der Waals surface area contributed by atoms with Crippen LogP contribution in [0.4, 0.5) is 5.69 Å². The van der Waals surface area contributed by atoms with Gasteiger partial charge in [-0.25, -0.2) is 0 Å². The maximum absolute atomic E-state index is 12.4. The Morgan fingerprint density at radius 3 is 2.89 bits per heavy atom. The third-order valence-electron chi connectivity index (χ3n) is 3.23. The molecule has 0 bridgehead atoms. The molecule has 1 saturated heterocycles. The average Bonchev–Trinajstić information content (AvgIpc) is 2.38. The van der Waals surface area contributed by atoms with Crippen molar-refractivity contribution in [3.8, 4) is 0 Å². The molecule has 5 nitrogen and oxygen atoms in total. The fourth-order valence-electron chi connectivity index (χ4n) is 2.29. The summed E-state index contributed by atoms with van der Waals surface area (Å²) in [6.45, 7) is 0.893. The molecule has 1 atom stereocenters. The summed E-state index contributed by atoms with van der Waals surface area (Å²) >= 11 is 3.32. The predicted octanol–water partition coefficient (Wildman–Crippen LogP) is 1.92. The Morgan fingerprint density at radius 1 is 1.42 bits per heavy atom. The molecule has 3 N–H and O–H groups in total. The summed E-state index contributed by atoms with van der Waals surface area (Å²) < 4.78 is 29.7. The van der Waals surface area contributed by atoms with Crippen molar-refractivity contribution in [2.45, 2.75) is 25.3 Å². The molecule has 0 radical (unpaired) electrons. The third-order valence-corrected chi connectivity index (χ3v) is 5.31. The van der Waals surface area contributed by atoms with Crippen LogP contribution in [0.1, 0.15) is 19.3 Å². The van der Waals surface area contributed by atoms with E-state index in [2.05, 4.69) is 20.7 Å². The van der Waals surface area contributed by atoms with Gasteiger partial charge in [-0.2, -0.15) is 12.7 Å². The number of hydrogen-bond acceptors (Lipinski definition) is 3. The second kappa shape index (κ2) is 6.21. The molecule has 0 spiro atoms. The van der Waals surface area contributed by atoms with Crippen LogP contribution in [-0.4, -0.2) is 31.9 Å². The second-order valence-electron chi connectivity index (χ2n) is 4.61. The molecule has 0 aliphatic carbocycles. The lowest BCUT2D eigenvalue weighted by molar-refractivity contribution is 0.259. The van der Waals surface area contributed by atoms with Gasteiger partial charge in [0.15, 0.2) is 0 Å². The minimum absolute atomic E-state index is 0.0987. The Balaban J connectivity index is 2.17. The van der Waals surface area contributed by atoms with Crippen molar-refractivity contribution in [3.63, 3.8) is 0 Å². The van der Waals surface area contributed by atoms with Crippen molar-refractivity contribution in [2.24, 2.45) is 5.73 Å². The molecule has 7 heteroatoms. The zero-order valence-electron chi connectivity index (χ0n) is 10.5. The van der Waals surface area contributed by atoms with Gasteiger partial charge in [0.2, 0.25) is 0 Å². The number of nitrogens with one attached hydrogen (secondary N) is 1. The van der Waals surface area contributed by atoms with Gasteiger partial charge >= 0.3 is 10.2 Å². The maximum Gasteiger partial charge on any atom is 0.301 e. The lowest BCUT2D eigenvalue weighted by Crippen LogP contribution is -2.49. The normalized spacial score (nSPS) is 21.3. The summed E-state index contributed by atoms with van der Waals surface area (Å²) in [4.78, 5) is 0. The largest absolute Gasteiger partial charge is 0.329 e. The monoisotopic (exact) mass is 347 g/mol. The Hall–Kier alpha value is -0.630. The van der Waals surface area contributed by atoms with Gasteiger partial charge in [-0.3, -0.25) is 4.72 Å². The van der Waals surface area contributed by atoms with Gasteiger partial charge in [0.05, 0.1) is 5.69 Å². The van der Waals surface area contributed by atoms with Crippen LogP contribution in [-0.2, 0) is 10.2 Å². The molecule has 19 heavy (non-hydrogen) atoms. The quantitative estimate of drug-likeness (QED) is 0.873. The van der Waals surface area contributed by atoms with Gasteiger partial charge in [0.25, 0.3) is 0 Å². The van der Waals surface area contributed by atoms with Crippen LogP contribution >= 0.6 is 15.9 Å². The van der Waals surface area contributed by atoms with Gasteiger partial charge in [-0.05, 0) is 31.0 Å². The van der Waals surface area contributed by atoms with Crippen molar-refractivity contribution in [1.29, 1.82) is 0 Å². The van der Waals surface area contributed by atoms with Crippen LogP contribution in [0.2, 0.25) is 0 Å². The number of nitrogens with two attached hydrogens (primary N) is 1. The van der Waals surface area contributed by atoms with E-state index in [1.807, 2.05) is 6.07 Å². The number of anilines is 1. The number of rotatable bonds is 4. The van der Waals surface area contributed by atoms with Gasteiger partial charge < -0.3 is 5.73 Å². The molecule has 1 fully saturated rings. The third kappa shape index (κ3) is 3.68. The van der Waals surface area contributed by atoms with Crippen molar-refractivity contribution < 1.29 is 8.42 Å². The number of piperidine rings is 1. The van der Waals surface area contributed by atoms with Crippen LogP contribution in [0.25, 0.3) is 0 Å². The first-order valence-corrected chi connectivity index (χ1v) is 8.51. The first-order chi connectivity index (χ1) is 9.03. The topological polar surface area (TPSA) is 75.4 Å². The van der Waals surface area contributed by atoms with Crippen LogP contribution < -0.4 is 10.5 Å². The van der Waals surface area contributed by atoms with Crippen LogP contribution in [0, 0.1) is 0 Å². The highest BCUT2D eigenvalue weighted by molar-refractivity contribution is 9.10. The summed E-state index contributed by atoms with van der Waals surface area (Å²) in [5.74, 6) is 0. The van der Waals surface area contributed by atoms with Gasteiger partial charge in [0.1, 0.15) is 0 Å². The maximum atomic E-state index is 12.4. The summed E-state index contributed by atoms with van der Waals surface area (Å²) in [5.41, 5.74) is 6.22. The predicted molar refractivity (Wildman–Crippen MR) is 80.1 cm³/mol. The average molecular weight is 348 g/mol. The molecule has 0 saturated carbocycles. The van der Waals surface area contributed by atoms with E-state index < -0.39 is 10.2 Å². The van der Waals surface area contributed by atoms with Crippen LogP contribution in [0.3, 0.4) is 0 Å². The zero-order valence-corrected chi connectivity index (χ0v) is 13.0. The second-order valence-corrected chi connectivity index (χ2v) is 7.15. The smallest absolute Gasteiger partial charge is 0.301 e. The van der Waals surface area contributed by atoms with E-state index in [1.54, 1.807) is 18.2 Å². The lowest BCUT2D eigenvalue weighted by Gasteiger charge is -2.33. The van der Waals surface area contributed by atoms with Crippen LogP contribution in [0.5, 0.6) is 0 Å². The molecular weight excluding hydrogens is 330 g/mol. The van der Waals surface area contributed by atoms with Crippen molar-refractivity contribution in [2.75, 3.05) is 17.8 Å². The molecule has 1 unspecified atom stereocenters. The number of hydrogen-bond donors (Lipinski definition) is 2. The van der Waals surface area contributed by atoms with Gasteiger partial charge in [-0.15, -0.1) is 0 Å². The van der Waals surface area contributed by atoms with E-state index in [1.165, 1.54) is 4.31 Å². The van der Waals surface area contributed by atoms with Crippen molar-refractivity contribution >= 4 is 31.8 Å². The fraction of sp³-hybridized carbons (Fsp3) is 0.500. The zero-order chi connectivity index (χ0) is 13.9. The number of benzene rings is 1. The standard InChI is InChI=1S/C12H18BrN3O2S/c13-10-4-3-5-11(8-10)15-19(17,18)16-7-2-1-6-12(16)9-14/h3-5,8,12,15H,1-2,6-7,9,14H2. The highest BCUT2D eigenvalue weighted by Crippen LogP contribution is 2.22. The Morgan fingerprint density at radius 2 is 2.21 bits per heavy atom. The molecule has 1 aliphatic rings. The summed E-state index contributed by atoms with van der Waals surface area (Å²) in [5, 5.41) is 0. The summed E-state index contributed by atoms with van der Waals surface area (Å²) in [6, 6.07) is 7.00. The fourth-order valence-corrected chi connectivity index (χ4v) is 4.18. The highest BCUT2D eigenvalue weighted by Gasteiger charge is 2.31. The molecule has 2 rings (SSSR count). The number of halogens is 1. The van der Waals surface area contributed by atoms with Crippen LogP contribution in [0.15, 0.2) is 28.7 Å². The van der Waals surface area contributed by atoms with E-state index in [9.17, 15) is 8.42 Å². The summed E-state index contributed by atoms with van der Waals surface area (Å²) in [6.07, 6.45) is 2.75. The molecule has 1 heterocycles. The van der Waals surface area contributed by atoms with E-state index in [4.69, 9.17) is 5.73 Å². The van der Waals surface area contributed by atoms with E-state index in [-0.39, 0.29) is 6.04 Å². The minimum Gasteiger partial charge on any atom is -0.329 e. The molecular formula is C12H18BrN3O2S. The minimum atomic E-state index is -3.53. The molecule has 0 aromatic heterocycles. The Kier molecular flexibility index (Phi) is 4.83. The molecule has 106 valence electrons. The molecule has 1 aromatic rings. The first-order valence-electron chi connectivity index (χ1n) is 6.28. The summed E-state index contributed by atoms with van der Waals surface area (Å²) in [7, 11) is -3.53. The van der Waals surface area contributed by atoms with Crippen molar-refractivity contribution in [1.82, 2.24) is 4.31 Å². The Labute approximate surface area is 122 Å². The lowest BCUT2D eigenvalue weighted by atomic mass is 10.1. The van der Waals surface area contributed by atoms with E-state index in [0.29, 0.717) is 18.8 Å². The Bertz CT molecular complexity index is 536. The molecule has 1 aliphatic heterocycles. The number of nitrogens with zero attached hydrogens (tertiary/aromatic N) is 1. The van der Waals surface area contributed by atoms with E-state index in [0.717, 1.165) is 23.7 Å². The highest BCUT2D eigenvalue weighted by atomic mass is 79.9. The van der Waals surface area contributed by atoms with Gasteiger partial charge in [-0.1, -0.05) is 28.4 Å². The van der Waals surface area contributed by atoms with E-state index >= 15 is 0 Å². The SMILES string of the molecule is NCC1CCCCN1S(=O)(=O)Nc1cccc(Br)c1. The first kappa shape index (κ1) is 14.8. The van der Waals surface area contributed by atoms with Crippen molar-refractivity contribution in [3.05, 3.63) is 28.7 Å². The molecule has 1 aromatic carbocycles. The van der Waals surface area contributed by atoms with Gasteiger partial charge in [0, 0.05) is 23.6 Å². The molecule has 0 amide bonds.